The molecule has 1 aliphatic carbocycles. The Bertz CT molecular complexity index is 370. The molecule has 0 unspecified atom stereocenters. The van der Waals surface area contributed by atoms with Gasteiger partial charge >= 0.3 is 0 Å². The molecule has 104 valence electrons. The lowest BCUT2D eigenvalue weighted by Crippen LogP contribution is -2.25. The Kier molecular flexibility index (Phi) is 5.89. The number of amides is 1. The normalized spacial score (nSPS) is 16.8. The summed E-state index contributed by atoms with van der Waals surface area (Å²) < 4.78 is 0. The van der Waals surface area contributed by atoms with E-state index in [4.69, 9.17) is 4.84 Å². The van der Waals surface area contributed by atoms with Crippen LogP contribution in [-0.2, 0) is 16.2 Å². The zero-order valence-corrected chi connectivity index (χ0v) is 11.4. The van der Waals surface area contributed by atoms with Crippen LogP contribution in [-0.4, -0.2) is 5.91 Å². The van der Waals surface area contributed by atoms with Crippen molar-refractivity contribution in [2.24, 2.45) is 5.92 Å². The molecule has 1 saturated carbocycles. The van der Waals surface area contributed by atoms with Gasteiger partial charge in [0.2, 0.25) is 5.91 Å². The fraction of sp³-hybridized carbons (Fsp3) is 0.562. The van der Waals surface area contributed by atoms with Gasteiger partial charge in [-0.15, -0.1) is 0 Å². The average molecular weight is 261 g/mol. The second kappa shape index (κ2) is 7.95. The van der Waals surface area contributed by atoms with Crippen molar-refractivity contribution >= 4 is 5.91 Å². The minimum Gasteiger partial charge on any atom is -0.273 e. The van der Waals surface area contributed by atoms with E-state index < -0.39 is 0 Å². The van der Waals surface area contributed by atoms with E-state index in [1.807, 2.05) is 30.3 Å². The minimum absolute atomic E-state index is 0.0165. The van der Waals surface area contributed by atoms with Gasteiger partial charge in [-0.05, 0) is 24.3 Å². The lowest BCUT2D eigenvalue weighted by molar-refractivity contribution is -0.135. The van der Waals surface area contributed by atoms with Crippen LogP contribution in [0.5, 0.6) is 0 Å². The van der Waals surface area contributed by atoms with Crippen LogP contribution >= 0.6 is 0 Å². The molecule has 0 aliphatic heterocycles. The third kappa shape index (κ3) is 5.43. The molecular weight excluding hydrogens is 238 g/mol. The van der Waals surface area contributed by atoms with E-state index in [1.54, 1.807) is 0 Å². The van der Waals surface area contributed by atoms with E-state index in [0.717, 1.165) is 5.56 Å². The van der Waals surface area contributed by atoms with E-state index in [2.05, 4.69) is 5.48 Å². The molecular formula is C16H23NO2. The first-order valence-electron chi connectivity index (χ1n) is 7.29. The summed E-state index contributed by atoms with van der Waals surface area (Å²) in [6, 6.07) is 9.86. The molecule has 1 aliphatic rings. The summed E-state index contributed by atoms with van der Waals surface area (Å²) in [5, 5.41) is 0. The van der Waals surface area contributed by atoms with E-state index in [1.165, 1.54) is 38.5 Å². The molecule has 2 rings (SSSR count). The molecule has 0 radical (unpaired) electrons. The fourth-order valence-electron chi connectivity index (χ4n) is 2.65. The maximum atomic E-state index is 11.8. The van der Waals surface area contributed by atoms with E-state index in [-0.39, 0.29) is 5.91 Å². The second-order valence-corrected chi connectivity index (χ2v) is 5.36. The summed E-state index contributed by atoms with van der Waals surface area (Å²) in [5.74, 6) is 0.561. The molecule has 0 bridgehead atoms. The lowest BCUT2D eigenvalue weighted by atomic mass is 9.96. The van der Waals surface area contributed by atoms with Gasteiger partial charge in [-0.2, -0.15) is 0 Å². The lowest BCUT2D eigenvalue weighted by Gasteiger charge is -2.13. The van der Waals surface area contributed by atoms with Crippen LogP contribution < -0.4 is 5.48 Å². The van der Waals surface area contributed by atoms with Crippen LogP contribution in [0.1, 0.15) is 50.5 Å². The quantitative estimate of drug-likeness (QED) is 0.649. The first-order chi connectivity index (χ1) is 9.34. The highest BCUT2D eigenvalue weighted by atomic mass is 16.6. The highest BCUT2D eigenvalue weighted by molar-refractivity contribution is 5.75. The molecule has 1 amide bonds. The van der Waals surface area contributed by atoms with Crippen LogP contribution in [0.4, 0.5) is 0 Å². The largest absolute Gasteiger partial charge is 0.273 e. The molecule has 1 aromatic rings. The summed E-state index contributed by atoms with van der Waals surface area (Å²) in [6.07, 6.45) is 8.16. The maximum Gasteiger partial charge on any atom is 0.243 e. The summed E-state index contributed by atoms with van der Waals surface area (Å²) in [6.45, 7) is 0.428. The first kappa shape index (κ1) is 14.1. The standard InChI is InChI=1S/C16H23NO2/c18-16(12-14-8-4-1-2-5-9-14)17-19-13-15-10-6-3-7-11-15/h3,6-7,10-11,14H,1-2,4-5,8-9,12-13H2,(H,17,18). The number of hydrogen-bond acceptors (Lipinski definition) is 2. The topological polar surface area (TPSA) is 38.3 Å². The maximum absolute atomic E-state index is 11.8. The Morgan fingerprint density at radius 3 is 2.47 bits per heavy atom. The van der Waals surface area contributed by atoms with Crippen molar-refractivity contribution in [1.82, 2.24) is 5.48 Å². The smallest absolute Gasteiger partial charge is 0.243 e. The predicted octanol–water partition coefficient (Wildman–Crippen LogP) is 3.59. The number of nitrogens with one attached hydrogen (secondary N) is 1. The Morgan fingerprint density at radius 1 is 1.11 bits per heavy atom. The van der Waals surface area contributed by atoms with Gasteiger partial charge < -0.3 is 0 Å². The van der Waals surface area contributed by atoms with Gasteiger partial charge in [-0.25, -0.2) is 5.48 Å². The van der Waals surface area contributed by atoms with E-state index in [0.29, 0.717) is 18.9 Å². The molecule has 19 heavy (non-hydrogen) atoms. The molecule has 0 atom stereocenters. The van der Waals surface area contributed by atoms with Crippen LogP contribution in [0, 0.1) is 5.92 Å². The van der Waals surface area contributed by atoms with Gasteiger partial charge in [-0.3, -0.25) is 9.63 Å². The molecule has 0 heterocycles. The van der Waals surface area contributed by atoms with Crippen LogP contribution in [0.15, 0.2) is 30.3 Å². The van der Waals surface area contributed by atoms with Gasteiger partial charge in [-0.1, -0.05) is 56.0 Å². The molecule has 1 aromatic carbocycles. The highest BCUT2D eigenvalue weighted by Crippen LogP contribution is 2.25. The van der Waals surface area contributed by atoms with Crippen molar-refractivity contribution in [3.8, 4) is 0 Å². The number of carbonyl (C=O) groups excluding carboxylic acids is 1. The molecule has 0 spiro atoms. The first-order valence-corrected chi connectivity index (χ1v) is 7.29. The zero-order valence-electron chi connectivity index (χ0n) is 11.4. The van der Waals surface area contributed by atoms with Crippen LogP contribution in [0.2, 0.25) is 0 Å². The average Bonchev–Trinajstić information content (AvgIpc) is 2.68. The summed E-state index contributed by atoms with van der Waals surface area (Å²) >= 11 is 0. The van der Waals surface area contributed by atoms with Crippen LogP contribution in [0.3, 0.4) is 0 Å². The van der Waals surface area contributed by atoms with E-state index >= 15 is 0 Å². The van der Waals surface area contributed by atoms with Crippen molar-refractivity contribution in [2.75, 3.05) is 0 Å². The van der Waals surface area contributed by atoms with Crippen molar-refractivity contribution < 1.29 is 9.63 Å². The molecule has 3 nitrogen and oxygen atoms in total. The summed E-state index contributed by atoms with van der Waals surface area (Å²) in [4.78, 5) is 17.0. The SMILES string of the molecule is O=C(CC1CCCCCC1)NOCc1ccccc1. The van der Waals surface area contributed by atoms with Crippen molar-refractivity contribution in [3.05, 3.63) is 35.9 Å². The number of benzene rings is 1. The minimum atomic E-state index is 0.0165. The van der Waals surface area contributed by atoms with Gasteiger partial charge in [0.25, 0.3) is 0 Å². The van der Waals surface area contributed by atoms with Gasteiger partial charge in [0.1, 0.15) is 0 Å². The van der Waals surface area contributed by atoms with Crippen molar-refractivity contribution in [3.63, 3.8) is 0 Å². The Balaban J connectivity index is 1.64. The third-order valence-electron chi connectivity index (χ3n) is 3.72. The number of carbonyl (C=O) groups is 1. The van der Waals surface area contributed by atoms with Crippen molar-refractivity contribution in [1.29, 1.82) is 0 Å². The zero-order chi connectivity index (χ0) is 13.3. The predicted molar refractivity (Wildman–Crippen MR) is 75.2 cm³/mol. The summed E-state index contributed by atoms with van der Waals surface area (Å²) in [5.41, 5.74) is 3.63. The Morgan fingerprint density at radius 2 is 1.79 bits per heavy atom. The van der Waals surface area contributed by atoms with Crippen molar-refractivity contribution in [2.45, 2.75) is 51.6 Å². The number of rotatable bonds is 5. The Hall–Kier alpha value is -1.35. The molecule has 3 heteroatoms. The monoisotopic (exact) mass is 261 g/mol. The second-order valence-electron chi connectivity index (χ2n) is 5.36. The fourth-order valence-corrected chi connectivity index (χ4v) is 2.65. The molecule has 0 saturated heterocycles. The molecule has 1 fully saturated rings. The highest BCUT2D eigenvalue weighted by Gasteiger charge is 2.15. The van der Waals surface area contributed by atoms with Gasteiger partial charge in [0.05, 0.1) is 6.61 Å². The number of hydrogen-bond donors (Lipinski definition) is 1. The summed E-state index contributed by atoms with van der Waals surface area (Å²) in [7, 11) is 0. The van der Waals surface area contributed by atoms with E-state index in [9.17, 15) is 4.79 Å². The van der Waals surface area contributed by atoms with Crippen LogP contribution in [0.25, 0.3) is 0 Å². The van der Waals surface area contributed by atoms with Gasteiger partial charge in [0, 0.05) is 6.42 Å². The van der Waals surface area contributed by atoms with Gasteiger partial charge in [0.15, 0.2) is 0 Å². The Labute approximate surface area is 115 Å². The third-order valence-corrected chi connectivity index (χ3v) is 3.72. The molecule has 1 N–H and O–H groups in total. The molecule has 0 aromatic heterocycles. The number of hydroxylamine groups is 1.